The highest BCUT2D eigenvalue weighted by molar-refractivity contribution is 5.95. The number of ether oxygens (including phenoxy) is 4. The molecule has 75 heavy (non-hydrogen) atoms. The number of hydrogen-bond donors (Lipinski definition) is 0. The van der Waals surface area contributed by atoms with Gasteiger partial charge in [0.2, 0.25) is 0 Å². The van der Waals surface area contributed by atoms with Gasteiger partial charge in [0.1, 0.15) is 24.2 Å². The number of amides is 4. The van der Waals surface area contributed by atoms with Crippen molar-refractivity contribution in [3.05, 3.63) is 92.5 Å². The monoisotopic (exact) mass is 1050 g/mol. The van der Waals surface area contributed by atoms with E-state index < -0.39 is 106 Å². The molecule has 2 aromatic carbocycles. The number of cyclic esters (lactones) is 4. The molecule has 0 aromatic heterocycles. The normalized spacial score (nSPS) is 23.8. The summed E-state index contributed by atoms with van der Waals surface area (Å²) in [7, 11) is 5.12. The number of benzene rings is 2. The van der Waals surface area contributed by atoms with Crippen LogP contribution in [0.15, 0.2) is 61.2 Å². The molecule has 0 radical (unpaired) electrons. The Morgan fingerprint density at radius 1 is 0.480 bits per heavy atom. The fraction of sp³-hybridized carbons (Fsp3) is 0.585. The number of rotatable bonds is 15. The lowest BCUT2D eigenvalue weighted by molar-refractivity contribution is -0.385. The Labute approximate surface area is 438 Å². The number of nitro benzene ring substituents is 2. The molecule has 1 aliphatic rings. The first-order valence-corrected chi connectivity index (χ1v) is 25.0. The number of hydrogen-bond acceptors (Lipinski definition) is 16. The van der Waals surface area contributed by atoms with Gasteiger partial charge in [-0.1, -0.05) is 86.2 Å². The van der Waals surface area contributed by atoms with Crippen molar-refractivity contribution in [2.24, 2.45) is 23.7 Å². The van der Waals surface area contributed by atoms with E-state index in [0.717, 1.165) is 25.7 Å². The van der Waals surface area contributed by atoms with Gasteiger partial charge < -0.3 is 38.5 Å². The van der Waals surface area contributed by atoms with Crippen molar-refractivity contribution in [2.45, 2.75) is 149 Å². The number of esters is 4. The Morgan fingerprint density at radius 2 is 0.760 bits per heavy atom. The highest BCUT2D eigenvalue weighted by Gasteiger charge is 2.43. The van der Waals surface area contributed by atoms with Crippen molar-refractivity contribution >= 4 is 58.9 Å². The van der Waals surface area contributed by atoms with E-state index in [0.29, 0.717) is 11.1 Å². The van der Waals surface area contributed by atoms with Crippen molar-refractivity contribution in [2.75, 3.05) is 28.2 Å². The maximum atomic E-state index is 14.8. The van der Waals surface area contributed by atoms with Crippen molar-refractivity contribution in [3.63, 3.8) is 0 Å². The maximum absolute atomic E-state index is 14.8. The fourth-order valence-corrected chi connectivity index (χ4v) is 8.43. The van der Waals surface area contributed by atoms with E-state index >= 15 is 0 Å². The molecule has 1 aliphatic heterocycles. The lowest BCUT2D eigenvalue weighted by atomic mass is 10.00. The Kier molecular flexibility index (Phi) is 23.0. The second kappa shape index (κ2) is 27.9. The van der Waals surface area contributed by atoms with Crippen LogP contribution < -0.4 is 0 Å². The standard InChI is InChI=1S/C53H74N6O16/c1-15-43-47(61)55(12)42(27-33(8)9)53(67)75-44(28-35-16-20-37(21-17-35)58(68)69)48(62)56(13)39(24-30(2)3)50(64)72-34(10)46(60)54(11)40(25-31(4)5)52(66)74-45(29-36-18-22-38(23-19-36)59(70)71)49(63)57(14)41(26-32(6)7)51(65)73-43/h15-23,30-34,39-45H,1,24-29H2,2-14H3/t34-,39+,40+,41+,42+,43-,44-,45-/m1/s1. The minimum atomic E-state index is -1.75. The molecule has 8 atom stereocenters. The molecule has 22 nitrogen and oxygen atoms in total. The number of nitrogens with zero attached hydrogens (tertiary/aromatic N) is 6. The summed E-state index contributed by atoms with van der Waals surface area (Å²) in [4.78, 5) is 142. The minimum Gasteiger partial charge on any atom is -0.451 e. The molecule has 3 rings (SSSR count). The summed E-state index contributed by atoms with van der Waals surface area (Å²) < 4.78 is 23.6. The third-order valence-electron chi connectivity index (χ3n) is 12.7. The van der Waals surface area contributed by atoms with Crippen LogP contribution in [-0.4, -0.2) is 154 Å². The van der Waals surface area contributed by atoms with Crippen molar-refractivity contribution in [1.29, 1.82) is 0 Å². The van der Waals surface area contributed by atoms with Crippen LogP contribution in [0.2, 0.25) is 0 Å². The van der Waals surface area contributed by atoms with Gasteiger partial charge in [-0.2, -0.15) is 0 Å². The van der Waals surface area contributed by atoms with Gasteiger partial charge in [-0.3, -0.25) is 39.4 Å². The van der Waals surface area contributed by atoms with Crippen LogP contribution >= 0.6 is 0 Å². The van der Waals surface area contributed by atoms with Gasteiger partial charge in [-0.05, 0) is 73.5 Å². The zero-order chi connectivity index (χ0) is 56.8. The molecule has 2 aromatic rings. The molecule has 0 saturated carbocycles. The zero-order valence-electron chi connectivity index (χ0n) is 45.3. The Balaban J connectivity index is 2.31. The number of carbonyl (C=O) groups excluding carboxylic acids is 8. The fourth-order valence-electron chi connectivity index (χ4n) is 8.43. The minimum absolute atomic E-state index is 0.0101. The van der Waals surface area contributed by atoms with Crippen LogP contribution in [-0.2, 0) is 70.1 Å². The number of non-ortho nitro benzene ring substituents is 2. The Morgan fingerprint density at radius 3 is 1.05 bits per heavy atom. The summed E-state index contributed by atoms with van der Waals surface area (Å²) in [5.41, 5.74) is 0.158. The van der Waals surface area contributed by atoms with E-state index in [1.54, 1.807) is 55.4 Å². The van der Waals surface area contributed by atoms with E-state index in [9.17, 15) is 58.6 Å². The van der Waals surface area contributed by atoms with Crippen LogP contribution in [0.3, 0.4) is 0 Å². The lowest BCUT2D eigenvalue weighted by Crippen LogP contribution is -2.55. The van der Waals surface area contributed by atoms with Crippen LogP contribution in [0.1, 0.15) is 99.1 Å². The van der Waals surface area contributed by atoms with Gasteiger partial charge in [-0.15, -0.1) is 0 Å². The van der Waals surface area contributed by atoms with Crippen LogP contribution in [0, 0.1) is 43.9 Å². The molecule has 412 valence electrons. The summed E-state index contributed by atoms with van der Waals surface area (Å²) in [6.07, 6.45) is -6.47. The number of carbonyl (C=O) groups is 8. The van der Waals surface area contributed by atoms with Crippen molar-refractivity contribution in [3.8, 4) is 0 Å². The van der Waals surface area contributed by atoms with Gasteiger partial charge in [0.05, 0.1) is 9.85 Å². The number of nitro groups is 2. The van der Waals surface area contributed by atoms with Crippen LogP contribution in [0.25, 0.3) is 0 Å². The highest BCUT2D eigenvalue weighted by atomic mass is 16.6. The molecule has 1 heterocycles. The van der Waals surface area contributed by atoms with Crippen molar-refractivity contribution in [1.82, 2.24) is 19.6 Å². The summed E-state index contributed by atoms with van der Waals surface area (Å²) in [5.74, 6) is -8.87. The second-order valence-electron chi connectivity index (χ2n) is 20.7. The first-order chi connectivity index (χ1) is 35.0. The lowest BCUT2D eigenvalue weighted by Gasteiger charge is -2.35. The first-order valence-electron chi connectivity index (χ1n) is 25.0. The van der Waals surface area contributed by atoms with Gasteiger partial charge in [0.15, 0.2) is 24.4 Å². The third-order valence-corrected chi connectivity index (χ3v) is 12.7. The molecular formula is C53H74N6O16. The van der Waals surface area contributed by atoms with Crippen LogP contribution in [0.5, 0.6) is 0 Å². The topological polar surface area (TPSA) is 273 Å². The average Bonchev–Trinajstić information content (AvgIpc) is 3.34. The van der Waals surface area contributed by atoms with Gasteiger partial charge in [0.25, 0.3) is 35.0 Å². The Hall–Kier alpha value is -7.26. The first kappa shape index (κ1) is 62.0. The van der Waals surface area contributed by atoms with E-state index in [2.05, 4.69) is 6.58 Å². The van der Waals surface area contributed by atoms with E-state index in [1.807, 2.05) is 0 Å². The molecule has 0 spiro atoms. The molecule has 0 aliphatic carbocycles. The predicted molar refractivity (Wildman–Crippen MR) is 273 cm³/mol. The zero-order valence-corrected chi connectivity index (χ0v) is 45.3. The molecule has 0 bridgehead atoms. The molecular weight excluding hydrogens is 977 g/mol. The van der Waals surface area contributed by atoms with Gasteiger partial charge >= 0.3 is 23.9 Å². The summed E-state index contributed by atoms with van der Waals surface area (Å²) in [6, 6.07) is 4.68. The van der Waals surface area contributed by atoms with Crippen LogP contribution in [0.4, 0.5) is 11.4 Å². The molecule has 1 fully saturated rings. The number of likely N-dealkylation sites (N-methyl/N-ethyl adjacent to an activating group) is 4. The third kappa shape index (κ3) is 17.4. The SMILES string of the molecule is C=C[C@H]1OC(=O)[C@H](CC(C)C)N(C)C(=O)[C@@H](Cc2ccc([N+](=O)[O-])cc2)OC(=O)[C@H](CC(C)C)N(C)C(=O)[C@@H](C)OC(=O)[C@H](CC(C)C)N(C)C(=O)[C@@H](Cc2ccc([N+](=O)[O-])cc2)OC(=O)[C@H](CC(C)C)N(C)C1=O. The largest absolute Gasteiger partial charge is 0.451 e. The van der Waals surface area contributed by atoms with E-state index in [1.165, 1.54) is 83.6 Å². The molecule has 22 heteroatoms. The van der Waals surface area contributed by atoms with E-state index in [4.69, 9.17) is 18.9 Å². The van der Waals surface area contributed by atoms with Gasteiger partial charge in [-0.25, -0.2) is 19.2 Å². The smallest absolute Gasteiger partial charge is 0.329 e. The summed E-state index contributed by atoms with van der Waals surface area (Å²) in [6.45, 7) is 19.1. The molecule has 1 saturated heterocycles. The second-order valence-corrected chi connectivity index (χ2v) is 20.7. The summed E-state index contributed by atoms with van der Waals surface area (Å²) in [5, 5.41) is 23.0. The quantitative estimate of drug-likeness (QED) is 0.0685. The summed E-state index contributed by atoms with van der Waals surface area (Å²) >= 11 is 0. The molecule has 0 unspecified atom stereocenters. The van der Waals surface area contributed by atoms with Gasteiger partial charge in [0, 0.05) is 65.3 Å². The highest BCUT2D eigenvalue weighted by Crippen LogP contribution is 2.25. The average molecular weight is 1050 g/mol. The maximum Gasteiger partial charge on any atom is 0.329 e. The molecule has 4 amide bonds. The molecule has 0 N–H and O–H groups in total. The van der Waals surface area contributed by atoms with Crippen molar-refractivity contribution < 1.29 is 67.2 Å². The van der Waals surface area contributed by atoms with E-state index in [-0.39, 0.29) is 73.6 Å². The predicted octanol–water partition coefficient (Wildman–Crippen LogP) is 5.65. The Bertz CT molecular complexity index is 2320.